The fourth-order valence-electron chi connectivity index (χ4n) is 6.90. The quantitative estimate of drug-likeness (QED) is 0.296. The molecule has 0 bridgehead atoms. The maximum atomic E-state index is 13.7. The number of carbonyl (C=O) groups excluding carboxylic acids is 1. The predicted molar refractivity (Wildman–Crippen MR) is 165 cm³/mol. The van der Waals surface area contributed by atoms with Gasteiger partial charge < -0.3 is 10.2 Å². The Morgan fingerprint density at radius 3 is 2.58 bits per heavy atom. The van der Waals surface area contributed by atoms with Gasteiger partial charge in [0, 0.05) is 49.0 Å². The molecule has 0 aliphatic carbocycles. The van der Waals surface area contributed by atoms with E-state index >= 15 is 0 Å². The van der Waals surface area contributed by atoms with Gasteiger partial charge in [-0.05, 0) is 92.1 Å². The number of halogens is 1. The van der Waals surface area contributed by atoms with Crippen molar-refractivity contribution in [1.29, 1.82) is 0 Å². The molecule has 40 heavy (non-hydrogen) atoms. The zero-order chi connectivity index (χ0) is 27.4. The lowest BCUT2D eigenvalue weighted by Gasteiger charge is -2.39. The highest BCUT2D eigenvalue weighted by Gasteiger charge is 2.33. The fourth-order valence-corrected chi connectivity index (χ4v) is 7.21. The number of hydrogen-bond donors (Lipinski definition) is 1. The second-order valence-corrected chi connectivity index (χ2v) is 11.8. The summed E-state index contributed by atoms with van der Waals surface area (Å²) in [5, 5.41) is 6.15. The molecule has 1 N–H and O–H groups in total. The standard InChI is InChI=1S/C33H34ClN5O/c1-21-16-24(17-22(2)35-21)26-7-3-9-28-27(26)8-4-10-30(28)36-33(40)39-13-11-23-18-29(34)32(19-31(23)39)38-15-14-37-12-5-6-25(37)20-38/h3-4,7-10,16-19,25H,5-6,11-15,20H2,1-2H3,(H,36,40). The largest absolute Gasteiger partial charge is 0.367 e. The van der Waals surface area contributed by atoms with Crippen LogP contribution in [0.15, 0.2) is 60.7 Å². The van der Waals surface area contributed by atoms with E-state index in [1.165, 1.54) is 19.4 Å². The Morgan fingerprint density at radius 1 is 0.925 bits per heavy atom. The van der Waals surface area contributed by atoms with Gasteiger partial charge in [-0.3, -0.25) is 14.8 Å². The molecule has 7 rings (SSSR count). The zero-order valence-corrected chi connectivity index (χ0v) is 23.8. The Hall–Kier alpha value is -3.61. The molecule has 1 aromatic heterocycles. The first-order valence-corrected chi connectivity index (χ1v) is 14.7. The topological polar surface area (TPSA) is 51.7 Å². The van der Waals surface area contributed by atoms with Crippen LogP contribution in [0.3, 0.4) is 0 Å². The van der Waals surface area contributed by atoms with Crippen LogP contribution in [0, 0.1) is 13.8 Å². The van der Waals surface area contributed by atoms with E-state index in [4.69, 9.17) is 11.6 Å². The number of fused-ring (bicyclic) bond motifs is 3. The highest BCUT2D eigenvalue weighted by atomic mass is 35.5. The second kappa shape index (κ2) is 10.1. The summed E-state index contributed by atoms with van der Waals surface area (Å²) < 4.78 is 0. The summed E-state index contributed by atoms with van der Waals surface area (Å²) in [6.07, 6.45) is 3.34. The smallest absolute Gasteiger partial charge is 0.326 e. The number of rotatable bonds is 3. The van der Waals surface area contributed by atoms with E-state index in [9.17, 15) is 4.79 Å². The minimum Gasteiger partial charge on any atom is -0.367 e. The number of carbonyl (C=O) groups is 1. The van der Waals surface area contributed by atoms with Crippen LogP contribution >= 0.6 is 11.6 Å². The van der Waals surface area contributed by atoms with Gasteiger partial charge in [0.1, 0.15) is 0 Å². The van der Waals surface area contributed by atoms with Crippen molar-refractivity contribution in [3.05, 3.63) is 82.6 Å². The van der Waals surface area contributed by atoms with Crippen LogP contribution in [-0.2, 0) is 6.42 Å². The van der Waals surface area contributed by atoms with Crippen molar-refractivity contribution in [3.63, 3.8) is 0 Å². The van der Waals surface area contributed by atoms with E-state index in [2.05, 4.69) is 68.6 Å². The molecule has 1 unspecified atom stereocenters. The van der Waals surface area contributed by atoms with Gasteiger partial charge in [0.05, 0.1) is 22.1 Å². The van der Waals surface area contributed by atoms with Crippen LogP contribution in [0.2, 0.25) is 5.02 Å². The molecule has 2 saturated heterocycles. The normalized spacial score (nSPS) is 18.7. The van der Waals surface area contributed by atoms with Crippen molar-refractivity contribution in [2.75, 3.05) is 47.8 Å². The van der Waals surface area contributed by atoms with Gasteiger partial charge in [-0.1, -0.05) is 41.9 Å². The molecule has 6 nitrogen and oxygen atoms in total. The number of benzene rings is 3. The van der Waals surface area contributed by atoms with Crippen molar-refractivity contribution < 1.29 is 4.79 Å². The van der Waals surface area contributed by atoms with Crippen LogP contribution in [0.5, 0.6) is 0 Å². The molecule has 3 aliphatic heterocycles. The van der Waals surface area contributed by atoms with Crippen LogP contribution in [0.1, 0.15) is 29.8 Å². The van der Waals surface area contributed by atoms with Crippen molar-refractivity contribution in [2.24, 2.45) is 0 Å². The van der Waals surface area contributed by atoms with Crippen molar-refractivity contribution in [3.8, 4) is 11.1 Å². The van der Waals surface area contributed by atoms with E-state index in [0.717, 1.165) is 87.0 Å². The van der Waals surface area contributed by atoms with Crippen LogP contribution in [0.25, 0.3) is 21.9 Å². The Morgan fingerprint density at radius 2 is 1.73 bits per heavy atom. The zero-order valence-electron chi connectivity index (χ0n) is 23.1. The molecule has 0 radical (unpaired) electrons. The predicted octanol–water partition coefficient (Wildman–Crippen LogP) is 7.05. The summed E-state index contributed by atoms with van der Waals surface area (Å²) in [5.41, 5.74) is 8.21. The maximum Gasteiger partial charge on any atom is 0.326 e. The van der Waals surface area contributed by atoms with Gasteiger partial charge >= 0.3 is 6.03 Å². The molecule has 2 fully saturated rings. The molecular formula is C33H34ClN5O. The summed E-state index contributed by atoms with van der Waals surface area (Å²) in [6.45, 7) is 8.94. The lowest BCUT2D eigenvalue weighted by Crippen LogP contribution is -2.50. The molecule has 7 heteroatoms. The Labute approximate surface area is 240 Å². The number of aromatic nitrogens is 1. The maximum absolute atomic E-state index is 13.7. The van der Waals surface area contributed by atoms with E-state index in [1.54, 1.807) is 0 Å². The number of urea groups is 1. The third kappa shape index (κ3) is 4.49. The molecule has 0 spiro atoms. The first-order valence-electron chi connectivity index (χ1n) is 14.3. The summed E-state index contributed by atoms with van der Waals surface area (Å²) >= 11 is 6.81. The summed E-state index contributed by atoms with van der Waals surface area (Å²) in [5.74, 6) is 0. The Kier molecular flexibility index (Phi) is 6.40. The van der Waals surface area contributed by atoms with Crippen LogP contribution < -0.4 is 15.1 Å². The summed E-state index contributed by atoms with van der Waals surface area (Å²) in [4.78, 5) is 25.2. The van der Waals surface area contributed by atoms with Gasteiger partial charge in [-0.25, -0.2) is 4.79 Å². The molecule has 3 aromatic carbocycles. The van der Waals surface area contributed by atoms with E-state index in [0.29, 0.717) is 12.6 Å². The molecular weight excluding hydrogens is 518 g/mol. The third-order valence-electron chi connectivity index (χ3n) is 8.77. The minimum absolute atomic E-state index is 0.110. The third-order valence-corrected chi connectivity index (χ3v) is 9.08. The van der Waals surface area contributed by atoms with Gasteiger partial charge in [-0.15, -0.1) is 0 Å². The molecule has 0 saturated carbocycles. The highest BCUT2D eigenvalue weighted by molar-refractivity contribution is 6.33. The number of nitrogens with one attached hydrogen (secondary N) is 1. The van der Waals surface area contributed by atoms with E-state index < -0.39 is 0 Å². The number of amides is 2. The van der Waals surface area contributed by atoms with Gasteiger partial charge in [0.2, 0.25) is 0 Å². The molecule has 2 amide bonds. The average molecular weight is 552 g/mol. The fraction of sp³-hybridized carbons (Fsp3) is 0.333. The molecule has 3 aliphatic rings. The number of nitrogens with zero attached hydrogens (tertiary/aromatic N) is 4. The average Bonchev–Trinajstić information content (AvgIpc) is 3.58. The summed E-state index contributed by atoms with van der Waals surface area (Å²) in [6, 6.07) is 21.3. The highest BCUT2D eigenvalue weighted by Crippen LogP contribution is 2.40. The number of anilines is 3. The lowest BCUT2D eigenvalue weighted by molar-refractivity contribution is 0.231. The Bertz CT molecular complexity index is 1610. The number of hydrogen-bond acceptors (Lipinski definition) is 4. The Balaban J connectivity index is 1.18. The van der Waals surface area contributed by atoms with Crippen LogP contribution in [0.4, 0.5) is 21.9 Å². The van der Waals surface area contributed by atoms with E-state index in [-0.39, 0.29) is 6.03 Å². The van der Waals surface area contributed by atoms with Gasteiger partial charge in [-0.2, -0.15) is 0 Å². The number of pyridine rings is 1. The second-order valence-electron chi connectivity index (χ2n) is 11.4. The first kappa shape index (κ1) is 25.4. The SMILES string of the molecule is Cc1cc(-c2cccc3c(NC(=O)N4CCc5cc(Cl)c(N6CCN7CCCC7C6)cc54)cccc23)cc(C)n1. The summed E-state index contributed by atoms with van der Waals surface area (Å²) in [7, 11) is 0. The minimum atomic E-state index is -0.110. The number of aryl methyl sites for hydroxylation is 2. The first-order chi connectivity index (χ1) is 19.4. The molecule has 1 atom stereocenters. The van der Waals surface area contributed by atoms with Crippen molar-refractivity contribution in [2.45, 2.75) is 39.2 Å². The van der Waals surface area contributed by atoms with Crippen molar-refractivity contribution >= 4 is 45.5 Å². The van der Waals surface area contributed by atoms with E-state index in [1.807, 2.05) is 30.9 Å². The lowest BCUT2D eigenvalue weighted by atomic mass is 9.97. The molecule has 204 valence electrons. The van der Waals surface area contributed by atoms with Gasteiger partial charge in [0.15, 0.2) is 0 Å². The van der Waals surface area contributed by atoms with Crippen molar-refractivity contribution in [1.82, 2.24) is 9.88 Å². The number of piperazine rings is 1. The van der Waals surface area contributed by atoms with Crippen LogP contribution in [-0.4, -0.2) is 54.7 Å². The molecule has 4 heterocycles. The van der Waals surface area contributed by atoms with Gasteiger partial charge in [0.25, 0.3) is 0 Å². The monoisotopic (exact) mass is 551 g/mol. The molecule has 4 aromatic rings.